The Hall–Kier alpha value is -3.64. The van der Waals surface area contributed by atoms with Crippen molar-refractivity contribution in [3.8, 4) is 17.0 Å². The van der Waals surface area contributed by atoms with E-state index in [1.807, 2.05) is 19.2 Å². The maximum absolute atomic E-state index is 11.1. The van der Waals surface area contributed by atoms with Gasteiger partial charge in [-0.3, -0.25) is 0 Å². The minimum absolute atomic E-state index is 0.296. The van der Waals surface area contributed by atoms with Crippen LogP contribution in [-0.4, -0.2) is 23.1 Å². The van der Waals surface area contributed by atoms with E-state index < -0.39 is 5.97 Å². The van der Waals surface area contributed by atoms with E-state index in [-0.39, 0.29) is 0 Å². The molecule has 6 heteroatoms. The zero-order chi connectivity index (χ0) is 25.6. The largest absolute Gasteiger partial charge is 0.489 e. The molecule has 1 saturated carbocycles. The molecule has 5 rings (SSSR count). The van der Waals surface area contributed by atoms with E-state index >= 15 is 0 Å². The summed E-state index contributed by atoms with van der Waals surface area (Å²) in [6.07, 6.45) is 6.70. The summed E-state index contributed by atoms with van der Waals surface area (Å²) in [6.45, 7) is 1.19. The first-order valence-electron chi connectivity index (χ1n) is 12.9. The van der Waals surface area contributed by atoms with E-state index in [2.05, 4.69) is 58.8 Å². The molecule has 1 aliphatic carbocycles. The van der Waals surface area contributed by atoms with Crippen LogP contribution in [-0.2, 0) is 13.2 Å². The molecule has 37 heavy (non-hydrogen) atoms. The summed E-state index contributed by atoms with van der Waals surface area (Å²) >= 11 is 1.60. The maximum Gasteiger partial charge on any atom is 0.335 e. The van der Waals surface area contributed by atoms with Gasteiger partial charge < -0.3 is 14.7 Å². The predicted octanol–water partition coefficient (Wildman–Crippen LogP) is 7.77. The van der Waals surface area contributed by atoms with E-state index in [4.69, 9.17) is 14.8 Å². The molecule has 4 aromatic rings. The molecule has 1 fully saturated rings. The lowest BCUT2D eigenvalue weighted by Gasteiger charge is -2.22. The third-order valence-corrected chi connectivity index (χ3v) is 8.01. The van der Waals surface area contributed by atoms with E-state index in [0.717, 1.165) is 33.3 Å². The number of aromatic carboxylic acids is 1. The highest BCUT2D eigenvalue weighted by atomic mass is 32.1. The number of rotatable bonds is 9. The number of hydrogen-bond donors (Lipinski definition) is 1. The van der Waals surface area contributed by atoms with Crippen LogP contribution < -0.4 is 9.64 Å². The van der Waals surface area contributed by atoms with Crippen LogP contribution in [0.5, 0.6) is 5.75 Å². The van der Waals surface area contributed by atoms with Gasteiger partial charge in [0.1, 0.15) is 12.4 Å². The number of hydrogen-bond acceptors (Lipinski definition) is 5. The van der Waals surface area contributed by atoms with Crippen LogP contribution in [0.3, 0.4) is 0 Å². The number of carboxylic acid groups (broad SMARTS) is 1. The Bertz CT molecular complexity index is 1310. The number of thiazole rings is 1. The van der Waals surface area contributed by atoms with Gasteiger partial charge in [0, 0.05) is 24.5 Å². The molecule has 0 atom stereocenters. The molecule has 0 unspecified atom stereocenters. The lowest BCUT2D eigenvalue weighted by molar-refractivity contribution is 0.0697. The number of aromatic nitrogens is 1. The second-order valence-corrected chi connectivity index (χ2v) is 10.6. The summed E-state index contributed by atoms with van der Waals surface area (Å²) in [7, 11) is 2.00. The summed E-state index contributed by atoms with van der Waals surface area (Å²) in [5, 5.41) is 12.1. The van der Waals surface area contributed by atoms with Gasteiger partial charge in [-0.05, 0) is 59.7 Å². The SMILES string of the molecule is CN(Cc1ccc(C(=O)O)cc1)c1nc(-c2ccc(COc3ccc(C4CCCCC4)cc3)cc2)cs1. The molecule has 0 bridgehead atoms. The topological polar surface area (TPSA) is 62.7 Å². The van der Waals surface area contributed by atoms with Crippen LogP contribution in [0.1, 0.15) is 65.1 Å². The molecule has 5 nitrogen and oxygen atoms in total. The Morgan fingerprint density at radius 2 is 1.62 bits per heavy atom. The summed E-state index contributed by atoms with van der Waals surface area (Å²) in [5.74, 6) is 0.714. The van der Waals surface area contributed by atoms with Crippen molar-refractivity contribution in [2.75, 3.05) is 11.9 Å². The van der Waals surface area contributed by atoms with Crippen molar-refractivity contribution in [1.29, 1.82) is 0 Å². The molecule has 0 radical (unpaired) electrons. The van der Waals surface area contributed by atoms with Gasteiger partial charge in [0.2, 0.25) is 0 Å². The lowest BCUT2D eigenvalue weighted by Crippen LogP contribution is -2.16. The maximum atomic E-state index is 11.1. The van der Waals surface area contributed by atoms with Gasteiger partial charge in [0.15, 0.2) is 5.13 Å². The van der Waals surface area contributed by atoms with E-state index in [9.17, 15) is 4.79 Å². The Morgan fingerprint density at radius 3 is 2.30 bits per heavy atom. The number of carbonyl (C=O) groups is 1. The van der Waals surface area contributed by atoms with Crippen molar-refractivity contribution in [1.82, 2.24) is 4.98 Å². The fraction of sp³-hybridized carbons (Fsp3) is 0.290. The summed E-state index contributed by atoms with van der Waals surface area (Å²) < 4.78 is 6.04. The van der Waals surface area contributed by atoms with Gasteiger partial charge in [0.05, 0.1) is 11.3 Å². The summed E-state index contributed by atoms with van der Waals surface area (Å²) in [6, 6.07) is 24.0. The van der Waals surface area contributed by atoms with Crippen LogP contribution in [0, 0.1) is 0 Å². The predicted molar refractivity (Wildman–Crippen MR) is 150 cm³/mol. The zero-order valence-electron chi connectivity index (χ0n) is 21.1. The van der Waals surface area contributed by atoms with Gasteiger partial charge >= 0.3 is 5.97 Å². The van der Waals surface area contributed by atoms with E-state index in [0.29, 0.717) is 24.6 Å². The van der Waals surface area contributed by atoms with Crippen molar-refractivity contribution in [3.05, 3.63) is 100 Å². The minimum atomic E-state index is -0.912. The molecule has 0 aliphatic heterocycles. The highest BCUT2D eigenvalue weighted by Crippen LogP contribution is 2.33. The average molecular weight is 513 g/mol. The van der Waals surface area contributed by atoms with E-state index in [1.165, 1.54) is 37.7 Å². The van der Waals surface area contributed by atoms with Gasteiger partial charge in [-0.25, -0.2) is 9.78 Å². The molecule has 0 amide bonds. The molecule has 1 aromatic heterocycles. The third kappa shape index (κ3) is 6.38. The summed E-state index contributed by atoms with van der Waals surface area (Å²) in [5.41, 5.74) is 5.92. The first-order chi connectivity index (χ1) is 18.0. The second-order valence-electron chi connectivity index (χ2n) is 9.76. The highest BCUT2D eigenvalue weighted by molar-refractivity contribution is 7.14. The number of anilines is 1. The first kappa shape index (κ1) is 25.0. The fourth-order valence-corrected chi connectivity index (χ4v) is 5.68. The van der Waals surface area contributed by atoms with Crippen molar-refractivity contribution >= 4 is 22.4 Å². The molecule has 190 valence electrons. The lowest BCUT2D eigenvalue weighted by atomic mass is 9.84. The van der Waals surface area contributed by atoms with Crippen molar-refractivity contribution in [2.45, 2.75) is 51.2 Å². The Kier molecular flexibility index (Phi) is 7.85. The van der Waals surface area contributed by atoms with E-state index in [1.54, 1.807) is 23.5 Å². The number of ether oxygens (including phenoxy) is 1. The number of benzene rings is 3. The molecule has 1 heterocycles. The van der Waals surface area contributed by atoms with Crippen molar-refractivity contribution < 1.29 is 14.6 Å². The molecule has 0 spiro atoms. The van der Waals surface area contributed by atoms with Crippen LogP contribution in [0.15, 0.2) is 78.2 Å². The van der Waals surface area contributed by atoms with Gasteiger partial charge in [-0.1, -0.05) is 67.8 Å². The third-order valence-electron chi connectivity index (χ3n) is 7.05. The molecule has 1 N–H and O–H groups in total. The fourth-order valence-electron chi connectivity index (χ4n) is 4.88. The average Bonchev–Trinajstić information content (AvgIpc) is 3.44. The normalized spacial score (nSPS) is 13.9. The molecule has 3 aromatic carbocycles. The van der Waals surface area contributed by atoms with Gasteiger partial charge in [-0.2, -0.15) is 0 Å². The molecule has 1 aliphatic rings. The summed E-state index contributed by atoms with van der Waals surface area (Å²) in [4.78, 5) is 17.9. The van der Waals surface area contributed by atoms with Gasteiger partial charge in [-0.15, -0.1) is 11.3 Å². The van der Waals surface area contributed by atoms with Crippen LogP contribution in [0.4, 0.5) is 5.13 Å². The van der Waals surface area contributed by atoms with Crippen LogP contribution >= 0.6 is 11.3 Å². The number of carboxylic acids is 1. The Labute approximate surface area is 222 Å². The Balaban J connectivity index is 1.15. The molecule has 0 saturated heterocycles. The quantitative estimate of drug-likeness (QED) is 0.248. The molecular weight excluding hydrogens is 480 g/mol. The van der Waals surface area contributed by atoms with Crippen LogP contribution in [0.2, 0.25) is 0 Å². The highest BCUT2D eigenvalue weighted by Gasteiger charge is 2.15. The second kappa shape index (κ2) is 11.6. The van der Waals surface area contributed by atoms with Gasteiger partial charge in [0.25, 0.3) is 0 Å². The zero-order valence-corrected chi connectivity index (χ0v) is 21.9. The standard InChI is InChI=1S/C31H32N2O3S/c1-33(19-22-7-13-27(14-8-22)30(34)35)31-32-29(21-37-31)26-11-9-23(10-12-26)20-36-28-17-15-25(16-18-28)24-5-3-2-4-6-24/h7-18,21,24H,2-6,19-20H2,1H3,(H,34,35). The smallest absolute Gasteiger partial charge is 0.335 e. The van der Waals surface area contributed by atoms with Crippen molar-refractivity contribution in [3.63, 3.8) is 0 Å². The first-order valence-corrected chi connectivity index (χ1v) is 13.7. The minimum Gasteiger partial charge on any atom is -0.489 e. The monoisotopic (exact) mass is 512 g/mol. The van der Waals surface area contributed by atoms with Crippen LogP contribution in [0.25, 0.3) is 11.3 Å². The van der Waals surface area contributed by atoms with Crippen molar-refractivity contribution in [2.24, 2.45) is 0 Å². The molecular formula is C31H32N2O3S. The Morgan fingerprint density at radius 1 is 0.946 bits per heavy atom. The number of nitrogens with zero attached hydrogens (tertiary/aromatic N) is 2.